The second kappa shape index (κ2) is 6.37. The van der Waals surface area contributed by atoms with Crippen LogP contribution >= 0.6 is 15.9 Å². The topological polar surface area (TPSA) is 26.3 Å². The van der Waals surface area contributed by atoms with Crippen LogP contribution in [0.15, 0.2) is 12.2 Å². The van der Waals surface area contributed by atoms with E-state index >= 15 is 0 Å². The van der Waals surface area contributed by atoms with E-state index in [-0.39, 0.29) is 5.97 Å². The van der Waals surface area contributed by atoms with Crippen LogP contribution in [0.5, 0.6) is 0 Å². The first-order valence-electron chi connectivity index (χ1n) is 2.60. The fourth-order valence-corrected chi connectivity index (χ4v) is 0.437. The van der Waals surface area contributed by atoms with Crippen molar-refractivity contribution in [3.63, 3.8) is 0 Å². The third-order valence-corrected chi connectivity index (χ3v) is 0.953. The Labute approximate surface area is 68.4 Å². The summed E-state index contributed by atoms with van der Waals surface area (Å²) in [6, 6.07) is 0. The predicted octanol–water partition coefficient (Wildman–Crippen LogP) is 1.11. The maximum Gasteiger partial charge on any atom is 0.331 e. The smallest absolute Gasteiger partial charge is 0.331 e. The summed E-state index contributed by atoms with van der Waals surface area (Å²) < 4.78 is 4.33. The molecule has 0 aromatic carbocycles. The average Bonchev–Trinajstić information content (AvgIpc) is 1.98. The average molecular weight is 203 g/mol. The molecule has 0 aliphatic rings. The summed E-state index contributed by atoms with van der Waals surface area (Å²) in [4.78, 5) is 10.4. The molecule has 54 valence electrons. The molecule has 3 heteroatoms. The maximum absolute atomic E-state index is 10.4. The summed E-state index contributed by atoms with van der Waals surface area (Å²) in [6.07, 6.45) is 2.72. The van der Waals surface area contributed by atoms with E-state index in [1.807, 2.05) is 0 Å². The monoisotopic (exact) mass is 202 g/mol. The van der Waals surface area contributed by atoms with Gasteiger partial charge < -0.3 is 4.74 Å². The lowest BCUT2D eigenvalue weighted by Gasteiger charge is -1.84. The highest BCUT2D eigenvalue weighted by molar-refractivity contribution is 9.09. The highest BCUT2D eigenvalue weighted by Crippen LogP contribution is 1.77. The molecule has 0 fully saturated rings. The zero-order chi connectivity index (χ0) is 7.82. The molecule has 0 radical (unpaired) electrons. The first-order valence-corrected chi connectivity index (χ1v) is 3.72. The molecule has 0 aromatic heterocycles. The van der Waals surface area contributed by atoms with Gasteiger partial charge in [-0.05, 0) is 6.08 Å². The quantitative estimate of drug-likeness (QED) is 0.276. The van der Waals surface area contributed by atoms with Gasteiger partial charge in [-0.25, -0.2) is 4.79 Å². The molecule has 0 unspecified atom stereocenters. The lowest BCUT2D eigenvalue weighted by molar-refractivity contribution is -0.134. The van der Waals surface area contributed by atoms with Crippen LogP contribution in [0.4, 0.5) is 0 Å². The first kappa shape index (κ1) is 9.25. The Morgan fingerprint density at radius 2 is 2.50 bits per heavy atom. The van der Waals surface area contributed by atoms with Crippen LogP contribution < -0.4 is 0 Å². The van der Waals surface area contributed by atoms with Crippen molar-refractivity contribution in [1.82, 2.24) is 0 Å². The Bertz CT molecular complexity index is 186. The second-order valence-corrected chi connectivity index (χ2v) is 1.87. The summed E-state index contributed by atoms with van der Waals surface area (Å²) in [5.74, 6) is 4.94. The van der Waals surface area contributed by atoms with E-state index in [0.717, 1.165) is 0 Å². The van der Waals surface area contributed by atoms with Gasteiger partial charge in [0.05, 0.1) is 12.4 Å². The summed E-state index contributed by atoms with van der Waals surface area (Å²) in [5.41, 5.74) is 0. The number of carbonyl (C=O) groups excluding carboxylic acids is 1. The van der Waals surface area contributed by atoms with E-state index in [9.17, 15) is 4.79 Å². The molecule has 0 rings (SSSR count). The van der Waals surface area contributed by atoms with Gasteiger partial charge in [-0.15, -0.1) is 0 Å². The van der Waals surface area contributed by atoms with E-state index in [0.29, 0.717) is 5.33 Å². The van der Waals surface area contributed by atoms with Crippen LogP contribution in [0.1, 0.15) is 0 Å². The normalized spacial score (nSPS) is 8.60. The van der Waals surface area contributed by atoms with Gasteiger partial charge in [0.25, 0.3) is 0 Å². The standard InChI is InChI=1S/C7H7BrO2/c1-10-7(9)5-3-2-4-6-8/h3,5H,6H2,1H3. The number of rotatable bonds is 1. The van der Waals surface area contributed by atoms with E-state index in [1.165, 1.54) is 19.3 Å². The molecular weight excluding hydrogens is 196 g/mol. The van der Waals surface area contributed by atoms with E-state index in [2.05, 4.69) is 32.5 Å². The van der Waals surface area contributed by atoms with Crippen molar-refractivity contribution in [2.45, 2.75) is 0 Å². The Morgan fingerprint density at radius 3 is 3.00 bits per heavy atom. The van der Waals surface area contributed by atoms with Crippen LogP contribution in [0.3, 0.4) is 0 Å². The minimum atomic E-state index is -0.385. The molecule has 0 N–H and O–H groups in total. The van der Waals surface area contributed by atoms with Crippen LogP contribution in [-0.2, 0) is 9.53 Å². The van der Waals surface area contributed by atoms with Gasteiger partial charge in [-0.3, -0.25) is 0 Å². The molecular formula is C7H7BrO2. The SMILES string of the molecule is COC(=O)C=CC#CCBr. The summed E-state index contributed by atoms with van der Waals surface area (Å²) in [7, 11) is 1.32. The van der Waals surface area contributed by atoms with Crippen LogP contribution in [0.2, 0.25) is 0 Å². The van der Waals surface area contributed by atoms with Gasteiger partial charge in [-0.2, -0.15) is 0 Å². The van der Waals surface area contributed by atoms with Crippen molar-refractivity contribution in [3.8, 4) is 11.8 Å². The Hall–Kier alpha value is -0.750. The molecule has 0 atom stereocenters. The number of esters is 1. The van der Waals surface area contributed by atoms with Gasteiger partial charge in [-0.1, -0.05) is 27.8 Å². The van der Waals surface area contributed by atoms with Gasteiger partial charge in [0.1, 0.15) is 0 Å². The number of halogens is 1. The van der Waals surface area contributed by atoms with Gasteiger partial charge in [0.2, 0.25) is 0 Å². The van der Waals surface area contributed by atoms with Crippen molar-refractivity contribution in [2.24, 2.45) is 0 Å². The Balaban J connectivity index is 3.65. The van der Waals surface area contributed by atoms with E-state index < -0.39 is 0 Å². The second-order valence-electron chi connectivity index (χ2n) is 1.31. The Kier molecular flexibility index (Phi) is 5.89. The number of alkyl halides is 1. The summed E-state index contributed by atoms with van der Waals surface area (Å²) in [6.45, 7) is 0. The molecule has 2 nitrogen and oxygen atoms in total. The molecule has 0 spiro atoms. The molecule has 0 aliphatic carbocycles. The first-order chi connectivity index (χ1) is 4.81. The molecule has 10 heavy (non-hydrogen) atoms. The molecule has 0 amide bonds. The van der Waals surface area contributed by atoms with Crippen LogP contribution in [0, 0.1) is 11.8 Å². The predicted molar refractivity (Wildman–Crippen MR) is 42.7 cm³/mol. The number of carbonyl (C=O) groups is 1. The fraction of sp³-hybridized carbons (Fsp3) is 0.286. The molecule has 0 bridgehead atoms. The van der Waals surface area contributed by atoms with Crippen molar-refractivity contribution >= 4 is 21.9 Å². The largest absolute Gasteiger partial charge is 0.466 e. The number of methoxy groups -OCH3 is 1. The van der Waals surface area contributed by atoms with Crippen molar-refractivity contribution in [3.05, 3.63) is 12.2 Å². The van der Waals surface area contributed by atoms with Crippen LogP contribution in [-0.4, -0.2) is 18.4 Å². The van der Waals surface area contributed by atoms with Gasteiger partial charge >= 0.3 is 5.97 Å². The van der Waals surface area contributed by atoms with Crippen molar-refractivity contribution < 1.29 is 9.53 Å². The number of hydrogen-bond acceptors (Lipinski definition) is 2. The van der Waals surface area contributed by atoms with Crippen molar-refractivity contribution in [1.29, 1.82) is 0 Å². The maximum atomic E-state index is 10.4. The molecule has 0 heterocycles. The number of allylic oxidation sites excluding steroid dienone is 1. The van der Waals surface area contributed by atoms with Gasteiger partial charge in [0, 0.05) is 6.08 Å². The number of ether oxygens (including phenoxy) is 1. The van der Waals surface area contributed by atoms with Crippen LogP contribution in [0.25, 0.3) is 0 Å². The van der Waals surface area contributed by atoms with E-state index in [1.54, 1.807) is 0 Å². The minimum absolute atomic E-state index is 0.385. The Morgan fingerprint density at radius 1 is 1.80 bits per heavy atom. The summed E-state index contributed by atoms with van der Waals surface area (Å²) >= 11 is 3.11. The highest BCUT2D eigenvalue weighted by atomic mass is 79.9. The third-order valence-electron chi connectivity index (χ3n) is 0.673. The zero-order valence-electron chi connectivity index (χ0n) is 5.56. The van der Waals surface area contributed by atoms with Crippen molar-refractivity contribution in [2.75, 3.05) is 12.4 Å². The lowest BCUT2D eigenvalue weighted by Crippen LogP contribution is -1.92. The summed E-state index contributed by atoms with van der Waals surface area (Å²) in [5, 5.41) is 0.610. The third kappa shape index (κ3) is 5.39. The minimum Gasteiger partial charge on any atom is -0.466 e. The fourth-order valence-electron chi connectivity index (χ4n) is 0.275. The molecule has 0 aliphatic heterocycles. The lowest BCUT2D eigenvalue weighted by atomic mass is 10.5. The van der Waals surface area contributed by atoms with Gasteiger partial charge in [0.15, 0.2) is 0 Å². The molecule has 0 saturated heterocycles. The molecule has 0 aromatic rings. The van der Waals surface area contributed by atoms with E-state index in [4.69, 9.17) is 0 Å². The highest BCUT2D eigenvalue weighted by Gasteiger charge is 1.85. The zero-order valence-corrected chi connectivity index (χ0v) is 7.14. The number of hydrogen-bond donors (Lipinski definition) is 0. The molecule has 0 saturated carbocycles.